The molecule has 0 bridgehead atoms. The maximum Gasteiger partial charge on any atom is 0.137 e. The highest BCUT2D eigenvalue weighted by Gasteiger charge is 2.21. The highest BCUT2D eigenvalue weighted by Crippen LogP contribution is 2.45. The molecular weight excluding hydrogens is 390 g/mol. The van der Waals surface area contributed by atoms with Gasteiger partial charge in [0.1, 0.15) is 11.2 Å². The monoisotopic (exact) mass is 411 g/mol. The summed E-state index contributed by atoms with van der Waals surface area (Å²) in [5.41, 5.74) is 7.49. The van der Waals surface area contributed by atoms with Crippen molar-refractivity contribution < 1.29 is 4.42 Å². The van der Waals surface area contributed by atoms with Gasteiger partial charge in [0.05, 0.1) is 16.8 Å². The lowest BCUT2D eigenvalue weighted by atomic mass is 10.0. The molecule has 2 nitrogen and oxygen atoms in total. The Balaban J connectivity index is 1.68. The molecule has 0 radical (unpaired) electrons. The van der Waals surface area contributed by atoms with Gasteiger partial charge in [0.15, 0.2) is 0 Å². The molecular formula is C30H21NO. The van der Waals surface area contributed by atoms with E-state index in [1.807, 2.05) is 18.2 Å². The summed E-state index contributed by atoms with van der Waals surface area (Å²) >= 11 is 0. The van der Waals surface area contributed by atoms with Gasteiger partial charge in [-0.05, 0) is 42.0 Å². The van der Waals surface area contributed by atoms with Crippen molar-refractivity contribution in [2.75, 3.05) is 4.90 Å². The van der Waals surface area contributed by atoms with Crippen LogP contribution in [-0.4, -0.2) is 0 Å². The number of para-hydroxylation sites is 3. The van der Waals surface area contributed by atoms with Crippen LogP contribution >= 0.6 is 0 Å². The number of fused-ring (bicyclic) bond motifs is 3. The minimum absolute atomic E-state index is 0.891. The number of rotatable bonds is 4. The molecule has 0 saturated heterocycles. The number of furan rings is 1. The second kappa shape index (κ2) is 7.75. The third-order valence-corrected chi connectivity index (χ3v) is 5.87. The molecule has 1 heterocycles. The first-order chi connectivity index (χ1) is 15.9. The van der Waals surface area contributed by atoms with Crippen LogP contribution in [0.15, 0.2) is 132 Å². The number of hydrogen-bond donors (Lipinski definition) is 0. The summed E-state index contributed by atoms with van der Waals surface area (Å²) in [6, 6.07) is 44.2. The van der Waals surface area contributed by atoms with Crippen molar-refractivity contribution in [3.8, 4) is 11.1 Å². The van der Waals surface area contributed by atoms with E-state index in [-0.39, 0.29) is 0 Å². The van der Waals surface area contributed by atoms with Crippen molar-refractivity contribution in [3.63, 3.8) is 0 Å². The number of anilines is 3. The maximum atomic E-state index is 6.20. The van der Waals surface area contributed by atoms with Crippen LogP contribution in [0.5, 0.6) is 0 Å². The molecule has 6 aromatic rings. The molecule has 6 rings (SSSR count). The number of hydrogen-bond acceptors (Lipinski definition) is 2. The zero-order valence-corrected chi connectivity index (χ0v) is 17.5. The molecule has 0 amide bonds. The average Bonchev–Trinajstić information content (AvgIpc) is 3.25. The lowest BCUT2D eigenvalue weighted by molar-refractivity contribution is 0.669. The van der Waals surface area contributed by atoms with Crippen LogP contribution in [0.1, 0.15) is 0 Å². The fourth-order valence-corrected chi connectivity index (χ4v) is 4.46. The van der Waals surface area contributed by atoms with E-state index < -0.39 is 0 Å². The van der Waals surface area contributed by atoms with Crippen LogP contribution in [-0.2, 0) is 0 Å². The SMILES string of the molecule is c1ccc(-c2ccccc2N(c2ccccc2)c2cccc3oc4ccccc4c23)cc1. The predicted molar refractivity (Wildman–Crippen MR) is 134 cm³/mol. The van der Waals surface area contributed by atoms with Gasteiger partial charge in [0.25, 0.3) is 0 Å². The first kappa shape index (κ1) is 18.5. The lowest BCUT2D eigenvalue weighted by Crippen LogP contribution is -2.11. The number of nitrogens with zero attached hydrogens (tertiary/aromatic N) is 1. The summed E-state index contributed by atoms with van der Waals surface area (Å²) in [5.74, 6) is 0. The first-order valence-corrected chi connectivity index (χ1v) is 10.8. The average molecular weight is 412 g/mol. The van der Waals surface area contributed by atoms with Gasteiger partial charge >= 0.3 is 0 Å². The summed E-state index contributed by atoms with van der Waals surface area (Å²) < 4.78 is 6.20. The van der Waals surface area contributed by atoms with E-state index >= 15 is 0 Å². The molecule has 0 aliphatic carbocycles. The molecule has 0 fully saturated rings. The van der Waals surface area contributed by atoms with Gasteiger partial charge in [-0.2, -0.15) is 0 Å². The highest BCUT2D eigenvalue weighted by molar-refractivity contribution is 6.13. The first-order valence-electron chi connectivity index (χ1n) is 10.8. The summed E-state index contributed by atoms with van der Waals surface area (Å²) in [6.45, 7) is 0. The van der Waals surface area contributed by atoms with E-state index in [9.17, 15) is 0 Å². The minimum Gasteiger partial charge on any atom is -0.456 e. The van der Waals surface area contributed by atoms with Gasteiger partial charge in [-0.25, -0.2) is 0 Å². The third-order valence-electron chi connectivity index (χ3n) is 5.87. The zero-order chi connectivity index (χ0) is 21.3. The van der Waals surface area contributed by atoms with Gasteiger partial charge < -0.3 is 9.32 Å². The normalized spacial score (nSPS) is 11.1. The molecule has 2 heteroatoms. The van der Waals surface area contributed by atoms with Crippen LogP contribution < -0.4 is 4.90 Å². The van der Waals surface area contributed by atoms with Crippen molar-refractivity contribution in [2.45, 2.75) is 0 Å². The summed E-state index contributed by atoms with van der Waals surface area (Å²) in [4.78, 5) is 2.34. The van der Waals surface area contributed by atoms with Gasteiger partial charge in [-0.15, -0.1) is 0 Å². The van der Waals surface area contributed by atoms with Gasteiger partial charge in [-0.3, -0.25) is 0 Å². The molecule has 32 heavy (non-hydrogen) atoms. The second-order valence-corrected chi connectivity index (χ2v) is 7.80. The largest absolute Gasteiger partial charge is 0.456 e. The quantitative estimate of drug-likeness (QED) is 0.288. The fraction of sp³-hybridized carbons (Fsp3) is 0. The molecule has 5 aromatic carbocycles. The van der Waals surface area contributed by atoms with E-state index in [1.54, 1.807) is 0 Å². The van der Waals surface area contributed by atoms with E-state index in [0.29, 0.717) is 0 Å². The van der Waals surface area contributed by atoms with E-state index in [4.69, 9.17) is 4.42 Å². The van der Waals surface area contributed by atoms with E-state index in [1.165, 1.54) is 11.1 Å². The predicted octanol–water partition coefficient (Wildman–Crippen LogP) is 8.72. The smallest absolute Gasteiger partial charge is 0.137 e. The Morgan fingerprint density at radius 1 is 0.469 bits per heavy atom. The highest BCUT2D eigenvalue weighted by atomic mass is 16.3. The Bertz CT molecular complexity index is 1520. The van der Waals surface area contributed by atoms with Crippen LogP contribution in [0.3, 0.4) is 0 Å². The second-order valence-electron chi connectivity index (χ2n) is 7.80. The Labute approximate surface area is 187 Å². The molecule has 152 valence electrons. The van der Waals surface area contributed by atoms with Crippen LogP contribution in [0.25, 0.3) is 33.1 Å². The van der Waals surface area contributed by atoms with Crippen LogP contribution in [0, 0.1) is 0 Å². The molecule has 0 aliphatic rings. The Kier molecular flexibility index (Phi) is 4.47. The maximum absolute atomic E-state index is 6.20. The minimum atomic E-state index is 0.891. The zero-order valence-electron chi connectivity index (χ0n) is 17.5. The molecule has 0 atom stereocenters. The Morgan fingerprint density at radius 2 is 1.09 bits per heavy atom. The molecule has 0 aliphatic heterocycles. The van der Waals surface area contributed by atoms with Crippen molar-refractivity contribution in [1.82, 2.24) is 0 Å². The molecule has 1 aromatic heterocycles. The topological polar surface area (TPSA) is 16.4 Å². The van der Waals surface area contributed by atoms with Crippen LogP contribution in [0.4, 0.5) is 17.1 Å². The van der Waals surface area contributed by atoms with Crippen molar-refractivity contribution in [2.24, 2.45) is 0 Å². The van der Waals surface area contributed by atoms with E-state index in [0.717, 1.165) is 39.0 Å². The van der Waals surface area contributed by atoms with Crippen molar-refractivity contribution in [1.29, 1.82) is 0 Å². The Hall–Kier alpha value is -4.30. The van der Waals surface area contributed by atoms with Crippen LogP contribution in [0.2, 0.25) is 0 Å². The summed E-state index contributed by atoms with van der Waals surface area (Å²) in [6.07, 6.45) is 0. The number of benzene rings is 5. The Morgan fingerprint density at radius 3 is 1.94 bits per heavy atom. The lowest BCUT2D eigenvalue weighted by Gasteiger charge is -2.28. The van der Waals surface area contributed by atoms with Gasteiger partial charge in [-0.1, -0.05) is 91.0 Å². The standard InChI is InChI=1S/C30H21NO/c1-3-12-22(13-4-1)24-16-7-9-18-26(24)31(23-14-5-2-6-15-23)27-19-11-21-29-30(27)25-17-8-10-20-28(25)32-29/h1-21H. The summed E-state index contributed by atoms with van der Waals surface area (Å²) in [5, 5.41) is 2.24. The molecule has 0 unspecified atom stereocenters. The summed E-state index contributed by atoms with van der Waals surface area (Å²) in [7, 11) is 0. The van der Waals surface area contributed by atoms with Crippen molar-refractivity contribution >= 4 is 39.0 Å². The third kappa shape index (κ3) is 3.05. The molecule has 0 saturated carbocycles. The van der Waals surface area contributed by atoms with Gasteiger partial charge in [0, 0.05) is 16.6 Å². The van der Waals surface area contributed by atoms with E-state index in [2.05, 4.69) is 114 Å². The van der Waals surface area contributed by atoms with Gasteiger partial charge in [0.2, 0.25) is 0 Å². The molecule has 0 spiro atoms. The fourth-order valence-electron chi connectivity index (χ4n) is 4.46. The van der Waals surface area contributed by atoms with Crippen molar-refractivity contribution in [3.05, 3.63) is 127 Å². The molecule has 0 N–H and O–H groups in total.